The van der Waals surface area contributed by atoms with Crippen LogP contribution in [0.1, 0.15) is 28.3 Å². The van der Waals surface area contributed by atoms with Gasteiger partial charge in [-0.1, -0.05) is 35.9 Å². The van der Waals surface area contributed by atoms with Gasteiger partial charge in [0.15, 0.2) is 15.6 Å². The number of benzene rings is 2. The van der Waals surface area contributed by atoms with E-state index < -0.39 is 25.7 Å². The van der Waals surface area contributed by atoms with Crippen LogP contribution in [0.25, 0.3) is 0 Å². The van der Waals surface area contributed by atoms with Crippen molar-refractivity contribution in [2.75, 3.05) is 5.75 Å². The van der Waals surface area contributed by atoms with E-state index >= 15 is 0 Å². The normalized spacial score (nSPS) is 19.0. The molecule has 0 radical (unpaired) electrons. The highest BCUT2D eigenvalue weighted by atomic mass is 35.5. The molecule has 0 aliphatic heterocycles. The molecule has 0 spiro atoms. The topological polar surface area (TPSA) is 51.2 Å². The Labute approximate surface area is 155 Å². The average Bonchev–Trinajstić information content (AvgIpc) is 3.16. The number of hydrogen-bond acceptors (Lipinski definition) is 3. The molecule has 1 saturated carbocycles. The van der Waals surface area contributed by atoms with Crippen LogP contribution < -0.4 is 0 Å². The molecule has 1 aliphatic carbocycles. The lowest BCUT2D eigenvalue weighted by Crippen LogP contribution is -2.16. The van der Waals surface area contributed by atoms with E-state index in [2.05, 4.69) is 0 Å². The Balaban J connectivity index is 1.74. The van der Waals surface area contributed by atoms with Gasteiger partial charge in [0, 0.05) is 16.5 Å². The standard InChI is InChI=1S/C17H13Cl3O3S/c18-13-5-7-14(8-6-13)24(22,23)10-16(21)12-3-1-11(2-4-12)15-9-17(15,19)20/h1-8,15H,9-10H2/t15-/m1/s1. The van der Waals surface area contributed by atoms with E-state index in [0.717, 1.165) is 5.56 Å². The fourth-order valence-electron chi connectivity index (χ4n) is 2.46. The molecule has 3 nitrogen and oxygen atoms in total. The highest BCUT2D eigenvalue weighted by Gasteiger charge is 2.52. The van der Waals surface area contributed by atoms with Crippen molar-refractivity contribution in [2.45, 2.75) is 21.6 Å². The molecule has 126 valence electrons. The number of Topliss-reactive ketones (excluding diaryl/α,β-unsaturated/α-hetero) is 1. The molecule has 2 aromatic rings. The summed E-state index contributed by atoms with van der Waals surface area (Å²) in [5.74, 6) is -0.995. The Morgan fingerprint density at radius 1 is 1.04 bits per heavy atom. The molecule has 0 amide bonds. The van der Waals surface area contributed by atoms with Crippen LogP contribution in [0.2, 0.25) is 5.02 Å². The third kappa shape index (κ3) is 3.77. The van der Waals surface area contributed by atoms with Crippen molar-refractivity contribution >= 4 is 50.4 Å². The number of carbonyl (C=O) groups excluding carboxylic acids is 1. The number of ketones is 1. The third-order valence-electron chi connectivity index (χ3n) is 3.95. The molecular weight excluding hydrogens is 391 g/mol. The van der Waals surface area contributed by atoms with Crippen LogP contribution >= 0.6 is 34.8 Å². The van der Waals surface area contributed by atoms with E-state index in [1.807, 2.05) is 0 Å². The molecule has 0 heterocycles. The van der Waals surface area contributed by atoms with Gasteiger partial charge in [0.25, 0.3) is 0 Å². The number of sulfone groups is 1. The molecule has 1 fully saturated rings. The summed E-state index contributed by atoms with van der Waals surface area (Å²) in [7, 11) is -3.71. The molecule has 0 N–H and O–H groups in total. The first-order chi connectivity index (χ1) is 11.2. The number of hydrogen-bond donors (Lipinski definition) is 0. The van der Waals surface area contributed by atoms with E-state index in [1.54, 1.807) is 24.3 Å². The Kier molecular flexibility index (Phi) is 4.69. The first kappa shape index (κ1) is 17.7. The van der Waals surface area contributed by atoms with Crippen molar-refractivity contribution in [2.24, 2.45) is 0 Å². The van der Waals surface area contributed by atoms with Crippen LogP contribution in [-0.2, 0) is 9.84 Å². The maximum absolute atomic E-state index is 12.3. The van der Waals surface area contributed by atoms with Gasteiger partial charge >= 0.3 is 0 Å². The Bertz CT molecular complexity index is 872. The first-order valence-corrected chi connectivity index (χ1v) is 9.97. The van der Waals surface area contributed by atoms with Crippen molar-refractivity contribution in [1.29, 1.82) is 0 Å². The van der Waals surface area contributed by atoms with E-state index in [4.69, 9.17) is 34.8 Å². The SMILES string of the molecule is O=C(CS(=O)(=O)c1ccc(Cl)cc1)c1ccc([C@H]2CC2(Cl)Cl)cc1. The lowest BCUT2D eigenvalue weighted by molar-refractivity contribution is 0.102. The zero-order valence-corrected chi connectivity index (χ0v) is 15.5. The molecule has 0 unspecified atom stereocenters. The van der Waals surface area contributed by atoms with Gasteiger partial charge in [0.2, 0.25) is 0 Å². The third-order valence-corrected chi connectivity index (χ3v) is 6.67. The van der Waals surface area contributed by atoms with Crippen LogP contribution in [0.4, 0.5) is 0 Å². The van der Waals surface area contributed by atoms with Crippen molar-refractivity contribution < 1.29 is 13.2 Å². The van der Waals surface area contributed by atoms with Crippen LogP contribution in [0.15, 0.2) is 53.4 Å². The van der Waals surface area contributed by atoms with Gasteiger partial charge < -0.3 is 0 Å². The minimum Gasteiger partial charge on any atom is -0.293 e. The second-order valence-corrected chi connectivity index (χ2v) is 9.74. The fourth-order valence-corrected chi connectivity index (χ4v) is 4.37. The largest absolute Gasteiger partial charge is 0.293 e. The maximum atomic E-state index is 12.3. The zero-order valence-electron chi connectivity index (χ0n) is 12.4. The Morgan fingerprint density at radius 3 is 2.08 bits per heavy atom. The number of rotatable bonds is 5. The summed E-state index contributed by atoms with van der Waals surface area (Å²) in [6, 6.07) is 12.5. The van der Waals surface area contributed by atoms with Crippen molar-refractivity contribution in [3.63, 3.8) is 0 Å². The summed E-state index contributed by atoms with van der Waals surface area (Å²) < 4.78 is 23.9. The molecule has 24 heavy (non-hydrogen) atoms. The fraction of sp³-hybridized carbons (Fsp3) is 0.235. The minimum atomic E-state index is -3.71. The summed E-state index contributed by atoms with van der Waals surface area (Å²) in [5.41, 5.74) is 1.28. The number of carbonyl (C=O) groups is 1. The molecule has 1 atom stereocenters. The molecule has 0 aromatic heterocycles. The molecule has 0 bridgehead atoms. The van der Waals surface area contributed by atoms with E-state index in [-0.39, 0.29) is 10.8 Å². The molecule has 2 aromatic carbocycles. The average molecular weight is 404 g/mol. The van der Waals surface area contributed by atoms with Crippen molar-refractivity contribution in [3.05, 3.63) is 64.7 Å². The quantitative estimate of drug-likeness (QED) is 0.539. The molecule has 1 aliphatic rings. The number of alkyl halides is 2. The van der Waals surface area contributed by atoms with Gasteiger partial charge in [-0.25, -0.2) is 8.42 Å². The van der Waals surface area contributed by atoms with Crippen molar-refractivity contribution in [1.82, 2.24) is 0 Å². The summed E-state index contributed by atoms with van der Waals surface area (Å²) in [4.78, 5) is 12.3. The van der Waals surface area contributed by atoms with Gasteiger partial charge in [-0.2, -0.15) is 0 Å². The summed E-state index contributed by atoms with van der Waals surface area (Å²) in [6.07, 6.45) is 0.675. The van der Waals surface area contributed by atoms with Gasteiger partial charge in [-0.15, -0.1) is 23.2 Å². The van der Waals surface area contributed by atoms with Crippen molar-refractivity contribution in [3.8, 4) is 0 Å². The van der Waals surface area contributed by atoms with Gasteiger partial charge in [-0.05, 0) is 36.2 Å². The monoisotopic (exact) mass is 402 g/mol. The smallest absolute Gasteiger partial charge is 0.185 e. The summed E-state index contributed by atoms with van der Waals surface area (Å²) in [6.45, 7) is 0. The second-order valence-electron chi connectivity index (χ2n) is 5.78. The highest BCUT2D eigenvalue weighted by Crippen LogP contribution is 2.59. The Hall–Kier alpha value is -1.07. The molecule has 7 heteroatoms. The highest BCUT2D eigenvalue weighted by molar-refractivity contribution is 7.92. The molecule has 3 rings (SSSR count). The lowest BCUT2D eigenvalue weighted by atomic mass is 10.1. The first-order valence-electron chi connectivity index (χ1n) is 7.18. The van der Waals surface area contributed by atoms with E-state index in [9.17, 15) is 13.2 Å². The van der Waals surface area contributed by atoms with Crippen LogP contribution in [0.5, 0.6) is 0 Å². The lowest BCUT2D eigenvalue weighted by Gasteiger charge is -2.06. The van der Waals surface area contributed by atoms with E-state index in [1.165, 1.54) is 24.3 Å². The number of halogens is 3. The zero-order chi connectivity index (χ0) is 17.5. The van der Waals surface area contributed by atoms with Gasteiger partial charge in [-0.3, -0.25) is 4.79 Å². The minimum absolute atomic E-state index is 0.0581. The van der Waals surface area contributed by atoms with Crippen LogP contribution in [0.3, 0.4) is 0 Å². The van der Waals surface area contributed by atoms with Gasteiger partial charge in [0.1, 0.15) is 10.1 Å². The van der Waals surface area contributed by atoms with Crippen LogP contribution in [0, 0.1) is 0 Å². The maximum Gasteiger partial charge on any atom is 0.185 e. The van der Waals surface area contributed by atoms with Crippen LogP contribution in [-0.4, -0.2) is 24.3 Å². The molecule has 0 saturated heterocycles. The predicted molar refractivity (Wildman–Crippen MR) is 96.1 cm³/mol. The summed E-state index contributed by atoms with van der Waals surface area (Å²) >= 11 is 17.8. The predicted octanol–water partition coefficient (Wildman–Crippen LogP) is 4.66. The Morgan fingerprint density at radius 2 is 1.58 bits per heavy atom. The van der Waals surface area contributed by atoms with Gasteiger partial charge in [0.05, 0.1) is 4.90 Å². The second kappa shape index (κ2) is 6.34. The van der Waals surface area contributed by atoms with E-state index in [0.29, 0.717) is 17.0 Å². The summed E-state index contributed by atoms with van der Waals surface area (Å²) in [5, 5.41) is 0.436. The molecular formula is C17H13Cl3O3S.